The Balaban J connectivity index is 2.34. The van der Waals surface area contributed by atoms with Crippen molar-refractivity contribution in [2.45, 2.75) is 31.8 Å². The molecule has 1 atom stereocenters. The van der Waals surface area contributed by atoms with Crippen molar-refractivity contribution in [3.05, 3.63) is 24.2 Å². The van der Waals surface area contributed by atoms with E-state index < -0.39 is 24.0 Å². The van der Waals surface area contributed by atoms with Gasteiger partial charge in [-0.2, -0.15) is 0 Å². The average Bonchev–Trinajstić information content (AvgIpc) is 2.87. The highest BCUT2D eigenvalue weighted by molar-refractivity contribution is 5.82. The molecule has 0 spiro atoms. The highest BCUT2D eigenvalue weighted by Gasteiger charge is 2.19. The van der Waals surface area contributed by atoms with Crippen molar-refractivity contribution in [2.75, 3.05) is 0 Å². The number of urea groups is 1. The van der Waals surface area contributed by atoms with Crippen LogP contribution in [0.1, 0.15) is 24.8 Å². The van der Waals surface area contributed by atoms with Crippen LogP contribution in [0.5, 0.6) is 0 Å². The van der Waals surface area contributed by atoms with Crippen molar-refractivity contribution in [1.82, 2.24) is 10.6 Å². The Labute approximate surface area is 114 Å². The summed E-state index contributed by atoms with van der Waals surface area (Å²) in [6.07, 6.45) is 3.01. The Hall–Kier alpha value is -2.51. The lowest BCUT2D eigenvalue weighted by molar-refractivity contribution is -0.140. The highest BCUT2D eigenvalue weighted by Crippen LogP contribution is 2.02. The van der Waals surface area contributed by atoms with Gasteiger partial charge in [-0.3, -0.25) is 4.79 Å². The zero-order valence-corrected chi connectivity index (χ0v) is 10.7. The molecule has 0 saturated heterocycles. The van der Waals surface area contributed by atoms with E-state index in [1.807, 2.05) is 0 Å². The molecule has 0 aliphatic rings. The molecule has 20 heavy (non-hydrogen) atoms. The standard InChI is InChI=1S/C12H16N2O6/c15-10(16)3-1-2-9(11(17)18)14-12(19)13-6-8-4-5-20-7-8/h4-5,7,9H,1-3,6H2,(H,15,16)(H,17,18)(H2,13,14,19)/t9-/m1/s1. The lowest BCUT2D eigenvalue weighted by Crippen LogP contribution is -2.45. The Kier molecular flexibility index (Phi) is 6.08. The van der Waals surface area contributed by atoms with Crippen LogP contribution in [-0.4, -0.2) is 34.2 Å². The van der Waals surface area contributed by atoms with E-state index in [1.54, 1.807) is 6.07 Å². The van der Waals surface area contributed by atoms with Gasteiger partial charge in [0.15, 0.2) is 0 Å². The van der Waals surface area contributed by atoms with Crippen molar-refractivity contribution >= 4 is 18.0 Å². The number of carbonyl (C=O) groups is 3. The fraction of sp³-hybridized carbons (Fsp3) is 0.417. The van der Waals surface area contributed by atoms with Crippen LogP contribution in [0.25, 0.3) is 0 Å². The number of nitrogens with one attached hydrogen (secondary N) is 2. The van der Waals surface area contributed by atoms with E-state index in [2.05, 4.69) is 10.6 Å². The van der Waals surface area contributed by atoms with Gasteiger partial charge in [0.05, 0.1) is 12.5 Å². The van der Waals surface area contributed by atoms with E-state index in [-0.39, 0.29) is 25.8 Å². The lowest BCUT2D eigenvalue weighted by atomic mass is 10.1. The maximum Gasteiger partial charge on any atom is 0.326 e. The maximum atomic E-state index is 11.5. The normalized spacial score (nSPS) is 11.6. The van der Waals surface area contributed by atoms with E-state index in [0.717, 1.165) is 5.56 Å². The van der Waals surface area contributed by atoms with E-state index in [4.69, 9.17) is 14.6 Å². The molecule has 0 fully saturated rings. The Bertz CT molecular complexity index is 457. The molecule has 8 nitrogen and oxygen atoms in total. The first-order valence-electron chi connectivity index (χ1n) is 5.99. The van der Waals surface area contributed by atoms with Gasteiger partial charge in [-0.15, -0.1) is 0 Å². The monoisotopic (exact) mass is 284 g/mol. The zero-order chi connectivity index (χ0) is 15.0. The van der Waals surface area contributed by atoms with Gasteiger partial charge in [0.25, 0.3) is 0 Å². The highest BCUT2D eigenvalue weighted by atomic mass is 16.4. The molecule has 2 amide bonds. The number of amides is 2. The zero-order valence-electron chi connectivity index (χ0n) is 10.7. The largest absolute Gasteiger partial charge is 0.481 e. The lowest BCUT2D eigenvalue weighted by Gasteiger charge is -2.14. The number of rotatable bonds is 8. The number of furan rings is 1. The van der Waals surface area contributed by atoms with Crippen molar-refractivity contribution < 1.29 is 29.0 Å². The molecule has 0 unspecified atom stereocenters. The molecule has 1 aromatic heterocycles. The molecule has 0 saturated carbocycles. The summed E-state index contributed by atoms with van der Waals surface area (Å²) in [5.41, 5.74) is 0.748. The van der Waals surface area contributed by atoms with Crippen molar-refractivity contribution in [2.24, 2.45) is 0 Å². The third-order valence-corrected chi connectivity index (χ3v) is 2.52. The Morgan fingerprint density at radius 3 is 2.60 bits per heavy atom. The predicted molar refractivity (Wildman–Crippen MR) is 67.0 cm³/mol. The summed E-state index contributed by atoms with van der Waals surface area (Å²) in [7, 11) is 0. The number of hydrogen-bond donors (Lipinski definition) is 4. The first-order chi connectivity index (χ1) is 9.49. The molecule has 0 radical (unpaired) electrons. The van der Waals surface area contributed by atoms with Gasteiger partial charge >= 0.3 is 18.0 Å². The molecule has 1 heterocycles. The molecular weight excluding hydrogens is 268 g/mol. The Morgan fingerprint density at radius 2 is 2.05 bits per heavy atom. The van der Waals surface area contributed by atoms with Crippen LogP contribution in [0.3, 0.4) is 0 Å². The summed E-state index contributed by atoms with van der Waals surface area (Å²) in [6.45, 7) is 0.212. The molecule has 0 bridgehead atoms. The number of hydrogen-bond acceptors (Lipinski definition) is 4. The van der Waals surface area contributed by atoms with Gasteiger partial charge in [-0.25, -0.2) is 9.59 Å². The smallest absolute Gasteiger partial charge is 0.326 e. The molecule has 4 N–H and O–H groups in total. The Morgan fingerprint density at radius 1 is 1.30 bits per heavy atom. The van der Waals surface area contributed by atoms with Gasteiger partial charge in [0, 0.05) is 18.5 Å². The van der Waals surface area contributed by atoms with Gasteiger partial charge in [0.2, 0.25) is 0 Å². The number of carboxylic acid groups (broad SMARTS) is 2. The first kappa shape index (κ1) is 15.5. The van der Waals surface area contributed by atoms with Crippen molar-refractivity contribution in [3.8, 4) is 0 Å². The minimum atomic E-state index is -1.20. The molecule has 1 rings (SSSR count). The molecule has 8 heteroatoms. The summed E-state index contributed by atoms with van der Waals surface area (Å²) in [4.78, 5) is 32.8. The topological polar surface area (TPSA) is 129 Å². The molecule has 0 aliphatic carbocycles. The van der Waals surface area contributed by atoms with Crippen LogP contribution >= 0.6 is 0 Å². The second kappa shape index (κ2) is 7.82. The fourth-order valence-electron chi connectivity index (χ4n) is 1.50. The fourth-order valence-corrected chi connectivity index (χ4v) is 1.50. The van der Waals surface area contributed by atoms with E-state index in [9.17, 15) is 14.4 Å². The molecule has 0 aliphatic heterocycles. The van der Waals surface area contributed by atoms with Crippen LogP contribution < -0.4 is 10.6 Å². The van der Waals surface area contributed by atoms with Gasteiger partial charge in [0.1, 0.15) is 6.04 Å². The summed E-state index contributed by atoms with van der Waals surface area (Å²) < 4.78 is 4.82. The van der Waals surface area contributed by atoms with E-state index in [1.165, 1.54) is 12.5 Å². The van der Waals surface area contributed by atoms with Crippen molar-refractivity contribution in [3.63, 3.8) is 0 Å². The van der Waals surface area contributed by atoms with Crippen LogP contribution in [0, 0.1) is 0 Å². The first-order valence-corrected chi connectivity index (χ1v) is 5.99. The van der Waals surface area contributed by atoms with Gasteiger partial charge in [-0.05, 0) is 18.9 Å². The summed E-state index contributed by atoms with van der Waals surface area (Å²) in [5.74, 6) is -2.20. The minimum Gasteiger partial charge on any atom is -0.481 e. The number of carbonyl (C=O) groups excluding carboxylic acids is 1. The van der Waals surface area contributed by atoms with Crippen LogP contribution in [0.15, 0.2) is 23.0 Å². The van der Waals surface area contributed by atoms with Gasteiger partial charge < -0.3 is 25.3 Å². The van der Waals surface area contributed by atoms with Crippen LogP contribution in [-0.2, 0) is 16.1 Å². The summed E-state index contributed by atoms with van der Waals surface area (Å²) in [6, 6.07) is -0.0745. The maximum absolute atomic E-state index is 11.5. The molecule has 0 aromatic carbocycles. The summed E-state index contributed by atoms with van der Waals surface area (Å²) >= 11 is 0. The molecule has 1 aromatic rings. The predicted octanol–water partition coefficient (Wildman–Crippen LogP) is 0.787. The van der Waals surface area contributed by atoms with E-state index in [0.29, 0.717) is 0 Å². The molecule has 110 valence electrons. The summed E-state index contributed by atoms with van der Waals surface area (Å²) in [5, 5.41) is 22.2. The molecular formula is C12H16N2O6. The average molecular weight is 284 g/mol. The number of carboxylic acids is 2. The van der Waals surface area contributed by atoms with Crippen molar-refractivity contribution in [1.29, 1.82) is 0 Å². The van der Waals surface area contributed by atoms with Crippen LogP contribution in [0.2, 0.25) is 0 Å². The number of aliphatic carboxylic acids is 2. The van der Waals surface area contributed by atoms with E-state index >= 15 is 0 Å². The van der Waals surface area contributed by atoms with Gasteiger partial charge in [-0.1, -0.05) is 0 Å². The SMILES string of the molecule is O=C(O)CCC[C@@H](NC(=O)NCc1ccoc1)C(=O)O. The van der Waals surface area contributed by atoms with Crippen LogP contribution in [0.4, 0.5) is 4.79 Å². The second-order valence-corrected chi connectivity index (χ2v) is 4.14. The quantitative estimate of drug-likeness (QED) is 0.558. The third kappa shape index (κ3) is 5.89. The minimum absolute atomic E-state index is 0.0563. The second-order valence-electron chi connectivity index (χ2n) is 4.14. The third-order valence-electron chi connectivity index (χ3n) is 2.52.